The van der Waals surface area contributed by atoms with Crippen molar-refractivity contribution >= 4 is 34.3 Å². The van der Waals surface area contributed by atoms with Gasteiger partial charge >= 0.3 is 0 Å². The van der Waals surface area contributed by atoms with Crippen LogP contribution in [0.25, 0.3) is 21.7 Å². The highest BCUT2D eigenvalue weighted by Gasteiger charge is 2.14. The number of rotatable bonds is 4. The topological polar surface area (TPSA) is 25.2 Å². The molecule has 0 atom stereocenters. The average Bonchev–Trinajstić information content (AvgIpc) is 3.13. The maximum Gasteiger partial charge on any atom is 0.210 e. The first-order valence-electron chi connectivity index (χ1n) is 8.21. The van der Waals surface area contributed by atoms with Crippen LogP contribution in [-0.4, -0.2) is 11.2 Å². The van der Waals surface area contributed by atoms with E-state index in [0.717, 1.165) is 32.4 Å². The predicted octanol–water partition coefficient (Wildman–Crippen LogP) is 6.88. The van der Waals surface area contributed by atoms with E-state index in [1.807, 2.05) is 66.9 Å². The van der Waals surface area contributed by atoms with Gasteiger partial charge in [-0.3, -0.25) is 0 Å². The Balaban J connectivity index is 1.75. The number of aliphatic imine (C=N–C) groups is 1. The Morgan fingerprint density at radius 1 is 0.769 bits per heavy atom. The molecule has 26 heavy (non-hydrogen) atoms. The summed E-state index contributed by atoms with van der Waals surface area (Å²) >= 11 is 7.53. The smallest absolute Gasteiger partial charge is 0.210 e. The lowest BCUT2D eigenvalue weighted by Crippen LogP contribution is -1.81. The highest BCUT2D eigenvalue weighted by atomic mass is 35.5. The average molecular weight is 375 g/mol. The summed E-state index contributed by atoms with van der Waals surface area (Å²) in [4.78, 5) is 10.5. The third kappa shape index (κ3) is 3.74. The highest BCUT2D eigenvalue weighted by Crippen LogP contribution is 2.39. The van der Waals surface area contributed by atoms with Crippen LogP contribution in [0.1, 0.15) is 5.56 Å². The molecule has 0 radical (unpaired) electrons. The van der Waals surface area contributed by atoms with E-state index < -0.39 is 0 Å². The Kier molecular flexibility index (Phi) is 4.91. The molecule has 4 heteroatoms. The lowest BCUT2D eigenvalue weighted by atomic mass is 10.1. The third-order valence-electron chi connectivity index (χ3n) is 3.89. The van der Waals surface area contributed by atoms with E-state index in [2.05, 4.69) is 29.3 Å². The molecule has 0 amide bonds. The first-order valence-corrected chi connectivity index (χ1v) is 9.40. The van der Waals surface area contributed by atoms with Crippen LogP contribution in [0, 0.1) is 0 Å². The van der Waals surface area contributed by atoms with Crippen molar-refractivity contribution < 1.29 is 0 Å². The van der Waals surface area contributed by atoms with Crippen LogP contribution in [0.2, 0.25) is 5.02 Å². The number of hydrogen-bond acceptors (Lipinski definition) is 3. The molecule has 126 valence electrons. The summed E-state index contributed by atoms with van der Waals surface area (Å²) < 4.78 is 0. The van der Waals surface area contributed by atoms with Crippen LogP contribution in [-0.2, 0) is 0 Å². The Morgan fingerprint density at radius 2 is 1.38 bits per heavy atom. The fourth-order valence-corrected chi connectivity index (χ4v) is 3.68. The summed E-state index contributed by atoms with van der Waals surface area (Å²) in [6, 6.07) is 28.1. The zero-order chi connectivity index (χ0) is 17.8. The van der Waals surface area contributed by atoms with Crippen molar-refractivity contribution in [1.29, 1.82) is 0 Å². The number of benzene rings is 3. The molecule has 0 aliphatic heterocycles. The third-order valence-corrected chi connectivity index (χ3v) is 5.16. The van der Waals surface area contributed by atoms with Crippen molar-refractivity contribution in [2.75, 3.05) is 0 Å². The van der Waals surface area contributed by atoms with Gasteiger partial charge < -0.3 is 0 Å². The Bertz CT molecular complexity index is 966. The number of nitrogens with zero attached hydrogens (tertiary/aromatic N) is 2. The van der Waals surface area contributed by atoms with Gasteiger partial charge in [0, 0.05) is 16.8 Å². The van der Waals surface area contributed by atoms with Crippen LogP contribution >= 0.6 is 22.9 Å². The molecule has 1 heterocycles. The molecule has 2 nitrogen and oxygen atoms in total. The summed E-state index contributed by atoms with van der Waals surface area (Å²) in [7, 11) is 0. The Hall–Kier alpha value is -2.75. The molecule has 0 unspecified atom stereocenters. The molecule has 4 rings (SSSR count). The van der Waals surface area contributed by atoms with Crippen LogP contribution in [0.15, 0.2) is 89.9 Å². The summed E-state index contributed by atoms with van der Waals surface area (Å²) in [5.41, 5.74) is 4.20. The van der Waals surface area contributed by atoms with Crippen LogP contribution in [0.4, 0.5) is 5.13 Å². The van der Waals surface area contributed by atoms with Gasteiger partial charge in [-0.2, -0.15) is 0 Å². The summed E-state index contributed by atoms with van der Waals surface area (Å²) in [6.45, 7) is 0. The molecular weight excluding hydrogens is 360 g/mol. The molecule has 3 aromatic carbocycles. The van der Waals surface area contributed by atoms with E-state index in [9.17, 15) is 0 Å². The van der Waals surface area contributed by atoms with Crippen molar-refractivity contribution in [1.82, 2.24) is 4.98 Å². The van der Waals surface area contributed by atoms with Gasteiger partial charge in [0.05, 0.1) is 10.6 Å². The van der Waals surface area contributed by atoms with E-state index in [-0.39, 0.29) is 0 Å². The molecule has 0 aliphatic carbocycles. The van der Waals surface area contributed by atoms with Gasteiger partial charge in [-0.25, -0.2) is 9.98 Å². The minimum Gasteiger partial charge on any atom is -0.227 e. The quantitative estimate of drug-likeness (QED) is 0.357. The second kappa shape index (κ2) is 7.65. The molecule has 0 saturated heterocycles. The van der Waals surface area contributed by atoms with E-state index in [0.29, 0.717) is 5.02 Å². The lowest BCUT2D eigenvalue weighted by Gasteiger charge is -2.02. The van der Waals surface area contributed by atoms with Crippen molar-refractivity contribution in [3.05, 3.63) is 95.5 Å². The van der Waals surface area contributed by atoms with E-state index in [1.165, 1.54) is 0 Å². The zero-order valence-corrected chi connectivity index (χ0v) is 15.4. The van der Waals surface area contributed by atoms with Gasteiger partial charge in [0.25, 0.3) is 0 Å². The Morgan fingerprint density at radius 3 is 2.04 bits per heavy atom. The van der Waals surface area contributed by atoms with Crippen molar-refractivity contribution in [2.24, 2.45) is 4.99 Å². The SMILES string of the molecule is Clc1ccc(C=Nc2nc(-c3ccccc3)c(-c3ccccc3)s2)cc1. The molecule has 0 bridgehead atoms. The van der Waals surface area contributed by atoms with Crippen molar-refractivity contribution in [2.45, 2.75) is 0 Å². The standard InChI is InChI=1S/C22H15ClN2S/c23-19-13-11-16(12-14-19)15-24-22-25-20(17-7-3-1-4-8-17)21(26-22)18-9-5-2-6-10-18/h1-15H. The maximum atomic E-state index is 5.93. The number of aromatic nitrogens is 1. The van der Waals surface area contributed by atoms with Gasteiger partial charge in [-0.15, -0.1) is 0 Å². The number of hydrogen-bond donors (Lipinski definition) is 0. The predicted molar refractivity (Wildman–Crippen MR) is 112 cm³/mol. The number of thiazole rings is 1. The first kappa shape index (κ1) is 16.7. The second-order valence-corrected chi connectivity index (χ2v) is 7.13. The summed E-state index contributed by atoms with van der Waals surface area (Å²) in [5.74, 6) is 0. The minimum absolute atomic E-state index is 0.717. The monoisotopic (exact) mass is 374 g/mol. The lowest BCUT2D eigenvalue weighted by molar-refractivity contribution is 1.36. The van der Waals surface area contributed by atoms with E-state index in [1.54, 1.807) is 11.3 Å². The van der Waals surface area contributed by atoms with E-state index in [4.69, 9.17) is 16.6 Å². The first-order chi connectivity index (χ1) is 12.8. The van der Waals surface area contributed by atoms with Gasteiger partial charge in [0.1, 0.15) is 0 Å². The van der Waals surface area contributed by atoms with Crippen molar-refractivity contribution in [3.63, 3.8) is 0 Å². The highest BCUT2D eigenvalue weighted by molar-refractivity contribution is 7.19. The van der Waals surface area contributed by atoms with Gasteiger partial charge in [-0.05, 0) is 23.3 Å². The van der Waals surface area contributed by atoms with Crippen LogP contribution < -0.4 is 0 Å². The molecule has 0 spiro atoms. The minimum atomic E-state index is 0.717. The van der Waals surface area contributed by atoms with Gasteiger partial charge in [0.15, 0.2) is 0 Å². The summed E-state index contributed by atoms with van der Waals surface area (Å²) in [5, 5.41) is 1.45. The van der Waals surface area contributed by atoms with Gasteiger partial charge in [0.2, 0.25) is 5.13 Å². The Labute approximate surface area is 161 Å². The normalized spacial score (nSPS) is 11.1. The molecule has 0 fully saturated rings. The fraction of sp³-hybridized carbons (Fsp3) is 0. The van der Waals surface area contributed by atoms with Crippen LogP contribution in [0.5, 0.6) is 0 Å². The number of halogens is 1. The summed E-state index contributed by atoms with van der Waals surface area (Å²) in [6.07, 6.45) is 1.82. The maximum absolute atomic E-state index is 5.93. The van der Waals surface area contributed by atoms with Gasteiger partial charge in [-0.1, -0.05) is 95.7 Å². The fourth-order valence-electron chi connectivity index (χ4n) is 2.62. The molecule has 4 aromatic rings. The van der Waals surface area contributed by atoms with E-state index >= 15 is 0 Å². The second-order valence-electron chi connectivity index (χ2n) is 5.72. The molecule has 1 aromatic heterocycles. The van der Waals surface area contributed by atoms with Crippen molar-refractivity contribution in [3.8, 4) is 21.7 Å². The molecular formula is C22H15ClN2S. The largest absolute Gasteiger partial charge is 0.227 e. The molecule has 0 aliphatic rings. The van der Waals surface area contributed by atoms with Crippen LogP contribution in [0.3, 0.4) is 0 Å². The molecule has 0 saturated carbocycles. The molecule has 0 N–H and O–H groups in total. The zero-order valence-electron chi connectivity index (χ0n) is 13.8.